The van der Waals surface area contributed by atoms with Gasteiger partial charge >= 0.3 is 6.09 Å². The first-order valence-corrected chi connectivity index (χ1v) is 11.3. The van der Waals surface area contributed by atoms with Gasteiger partial charge in [-0.2, -0.15) is 0 Å². The summed E-state index contributed by atoms with van der Waals surface area (Å²) in [7, 11) is 1.62. The third-order valence-corrected chi connectivity index (χ3v) is 5.99. The first-order valence-electron chi connectivity index (χ1n) is 11.3. The Balaban J connectivity index is 1.82. The highest BCUT2D eigenvalue weighted by atomic mass is 16.6. The fourth-order valence-electron chi connectivity index (χ4n) is 4.56. The second-order valence-corrected chi connectivity index (χ2v) is 9.48. The maximum atomic E-state index is 13.7. The Bertz CT molecular complexity index is 767. The van der Waals surface area contributed by atoms with Crippen molar-refractivity contribution >= 4 is 12.0 Å². The van der Waals surface area contributed by atoms with Crippen molar-refractivity contribution in [1.29, 1.82) is 0 Å². The van der Waals surface area contributed by atoms with Crippen molar-refractivity contribution < 1.29 is 23.8 Å². The molecule has 0 atom stereocenters. The Morgan fingerprint density at radius 2 is 1.74 bits per heavy atom. The van der Waals surface area contributed by atoms with E-state index in [1.165, 1.54) is 0 Å². The van der Waals surface area contributed by atoms with Gasteiger partial charge in [-0.25, -0.2) is 4.79 Å². The molecule has 1 saturated carbocycles. The van der Waals surface area contributed by atoms with Crippen LogP contribution in [0.1, 0.15) is 63.2 Å². The molecule has 1 aromatic rings. The molecule has 31 heavy (non-hydrogen) atoms. The molecule has 0 bridgehead atoms. The van der Waals surface area contributed by atoms with Crippen molar-refractivity contribution in [2.24, 2.45) is 0 Å². The molecule has 0 radical (unpaired) electrons. The molecule has 0 unspecified atom stereocenters. The lowest BCUT2D eigenvalue weighted by Crippen LogP contribution is -2.65. The quantitative estimate of drug-likeness (QED) is 0.655. The molecular weight excluding hydrogens is 396 g/mol. The molecule has 1 heterocycles. The first-order chi connectivity index (χ1) is 14.8. The molecule has 1 aliphatic heterocycles. The second-order valence-electron chi connectivity index (χ2n) is 9.48. The number of hydrogen-bond acceptors (Lipinski definition) is 5. The topological polar surface area (TPSA) is 68.3 Å². The molecule has 172 valence electrons. The van der Waals surface area contributed by atoms with Gasteiger partial charge in [0.15, 0.2) is 0 Å². The fourth-order valence-corrected chi connectivity index (χ4v) is 4.56. The van der Waals surface area contributed by atoms with Gasteiger partial charge in [-0.1, -0.05) is 31.4 Å². The molecular formula is C24H36N2O5. The normalized spacial score (nSPS) is 18.7. The van der Waals surface area contributed by atoms with Crippen LogP contribution < -0.4 is 4.74 Å². The number of ether oxygens (including phenoxy) is 3. The minimum atomic E-state index is -0.539. The van der Waals surface area contributed by atoms with E-state index in [0.717, 1.165) is 32.1 Å². The summed E-state index contributed by atoms with van der Waals surface area (Å²) in [6.07, 6.45) is 4.76. The maximum absolute atomic E-state index is 13.7. The highest BCUT2D eigenvalue weighted by Crippen LogP contribution is 2.38. The zero-order valence-electron chi connectivity index (χ0n) is 19.3. The highest BCUT2D eigenvalue weighted by Gasteiger charge is 2.47. The van der Waals surface area contributed by atoms with E-state index < -0.39 is 5.60 Å². The second kappa shape index (κ2) is 9.90. The highest BCUT2D eigenvalue weighted by molar-refractivity contribution is 5.97. The molecule has 0 aromatic heterocycles. The predicted octanol–water partition coefficient (Wildman–Crippen LogP) is 4.11. The number of piperazine rings is 1. The van der Waals surface area contributed by atoms with Gasteiger partial charge in [-0.05, 0) is 45.7 Å². The number of amides is 2. The summed E-state index contributed by atoms with van der Waals surface area (Å²) < 4.78 is 16.5. The van der Waals surface area contributed by atoms with Crippen molar-refractivity contribution in [3.63, 3.8) is 0 Å². The van der Waals surface area contributed by atoms with E-state index in [9.17, 15) is 9.59 Å². The number of benzene rings is 1. The average Bonchev–Trinajstić information content (AvgIpc) is 2.73. The molecule has 1 aliphatic carbocycles. The molecule has 2 aliphatic rings. The number of carbonyl (C=O) groups excluding carboxylic acids is 2. The van der Waals surface area contributed by atoms with Gasteiger partial charge in [0.25, 0.3) is 5.91 Å². The summed E-state index contributed by atoms with van der Waals surface area (Å²) in [5, 5.41) is 0. The van der Waals surface area contributed by atoms with Crippen LogP contribution in [0, 0.1) is 0 Å². The van der Waals surface area contributed by atoms with E-state index in [2.05, 4.69) is 0 Å². The largest absolute Gasteiger partial charge is 0.490 e. The maximum Gasteiger partial charge on any atom is 0.410 e. The lowest BCUT2D eigenvalue weighted by Gasteiger charge is -2.52. The Hall–Kier alpha value is -2.28. The van der Waals surface area contributed by atoms with Crippen LogP contribution in [0.5, 0.6) is 5.75 Å². The van der Waals surface area contributed by atoms with Crippen molar-refractivity contribution in [1.82, 2.24) is 9.80 Å². The molecule has 7 heteroatoms. The van der Waals surface area contributed by atoms with Gasteiger partial charge in [0, 0.05) is 26.7 Å². The third kappa shape index (κ3) is 5.70. The van der Waals surface area contributed by atoms with Crippen molar-refractivity contribution in [2.75, 3.05) is 40.0 Å². The van der Waals surface area contributed by atoms with Gasteiger partial charge in [-0.3, -0.25) is 4.79 Å². The van der Waals surface area contributed by atoms with Gasteiger partial charge in [0.05, 0.1) is 17.7 Å². The Kier molecular flexibility index (Phi) is 7.46. The van der Waals surface area contributed by atoms with E-state index in [0.29, 0.717) is 44.2 Å². The average molecular weight is 433 g/mol. The van der Waals surface area contributed by atoms with Crippen LogP contribution in [0.4, 0.5) is 4.79 Å². The first kappa shape index (κ1) is 23.4. The smallest absolute Gasteiger partial charge is 0.410 e. The van der Waals surface area contributed by atoms with Crippen LogP contribution in [0.2, 0.25) is 0 Å². The van der Waals surface area contributed by atoms with Crippen LogP contribution in [0.15, 0.2) is 24.3 Å². The molecule has 3 rings (SSSR count). The van der Waals surface area contributed by atoms with Crippen molar-refractivity contribution in [2.45, 2.75) is 64.0 Å². The monoisotopic (exact) mass is 432 g/mol. The lowest BCUT2D eigenvalue weighted by atomic mass is 9.78. The SMILES string of the molecule is COCCOc1ccccc1C(=O)N1CCN(C(=O)OC(C)(C)C)CC12CCCCC2. The van der Waals surface area contributed by atoms with Crippen LogP contribution in [0.3, 0.4) is 0 Å². The molecule has 1 aromatic carbocycles. The van der Waals surface area contributed by atoms with Crippen molar-refractivity contribution in [3.8, 4) is 5.75 Å². The fraction of sp³-hybridized carbons (Fsp3) is 0.667. The van der Waals surface area contributed by atoms with E-state index >= 15 is 0 Å². The van der Waals surface area contributed by atoms with Crippen LogP contribution in [-0.2, 0) is 9.47 Å². The summed E-state index contributed by atoms with van der Waals surface area (Å²) in [5.41, 5.74) is -0.332. The van der Waals surface area contributed by atoms with Crippen LogP contribution >= 0.6 is 0 Å². The summed E-state index contributed by atoms with van der Waals surface area (Å²) in [5.74, 6) is 0.545. The van der Waals surface area contributed by atoms with E-state index in [-0.39, 0.29) is 17.5 Å². The number of rotatable bonds is 5. The number of nitrogens with zero attached hydrogens (tertiary/aromatic N) is 2. The van der Waals surface area contributed by atoms with Crippen LogP contribution in [0.25, 0.3) is 0 Å². The number of para-hydroxylation sites is 1. The van der Waals surface area contributed by atoms with Gasteiger partial charge in [0.1, 0.15) is 18.0 Å². The van der Waals surface area contributed by atoms with Crippen molar-refractivity contribution in [3.05, 3.63) is 29.8 Å². The van der Waals surface area contributed by atoms with Gasteiger partial charge in [0.2, 0.25) is 0 Å². The van der Waals surface area contributed by atoms with Gasteiger partial charge in [-0.15, -0.1) is 0 Å². The molecule has 2 amide bonds. The molecule has 7 nitrogen and oxygen atoms in total. The molecule has 1 saturated heterocycles. The number of hydrogen-bond donors (Lipinski definition) is 0. The Morgan fingerprint density at radius 1 is 1.03 bits per heavy atom. The van der Waals surface area contributed by atoms with E-state index in [4.69, 9.17) is 14.2 Å². The zero-order chi connectivity index (χ0) is 22.5. The summed E-state index contributed by atoms with van der Waals surface area (Å²) >= 11 is 0. The van der Waals surface area contributed by atoms with E-state index in [1.807, 2.05) is 49.9 Å². The predicted molar refractivity (Wildman–Crippen MR) is 118 cm³/mol. The lowest BCUT2D eigenvalue weighted by molar-refractivity contribution is -0.0310. The zero-order valence-corrected chi connectivity index (χ0v) is 19.3. The Labute approximate surface area is 185 Å². The molecule has 0 N–H and O–H groups in total. The summed E-state index contributed by atoms with van der Waals surface area (Å²) in [4.78, 5) is 30.2. The van der Waals surface area contributed by atoms with Gasteiger partial charge < -0.3 is 24.0 Å². The third-order valence-electron chi connectivity index (χ3n) is 5.99. The standard InChI is InChI=1S/C24H36N2O5/c1-23(2,3)31-22(28)25-14-15-26(24(18-25)12-8-5-9-13-24)21(27)19-10-6-7-11-20(19)30-17-16-29-4/h6-7,10-11H,5,8-9,12-18H2,1-4H3. The molecule has 2 fully saturated rings. The molecule has 1 spiro atoms. The Morgan fingerprint density at radius 3 is 2.42 bits per heavy atom. The minimum absolute atomic E-state index is 0.0289. The minimum Gasteiger partial charge on any atom is -0.490 e. The van der Waals surface area contributed by atoms with Crippen LogP contribution in [-0.4, -0.2) is 72.9 Å². The summed E-state index contributed by atoms with van der Waals surface area (Å²) in [6, 6.07) is 7.38. The number of methoxy groups -OCH3 is 1. The summed E-state index contributed by atoms with van der Waals surface area (Å²) in [6.45, 7) is 7.95. The number of carbonyl (C=O) groups is 2. The van der Waals surface area contributed by atoms with E-state index in [1.54, 1.807) is 12.0 Å².